The van der Waals surface area contributed by atoms with Crippen LogP contribution in [0.2, 0.25) is 0 Å². The Hall–Kier alpha value is -1.89. The fourth-order valence-electron chi connectivity index (χ4n) is 2.75. The Morgan fingerprint density at radius 2 is 2.14 bits per heavy atom. The maximum absolute atomic E-state index is 4.63. The van der Waals surface area contributed by atoms with Gasteiger partial charge in [0.25, 0.3) is 0 Å². The zero-order valence-electron chi connectivity index (χ0n) is 12.8. The van der Waals surface area contributed by atoms with Crippen molar-refractivity contribution in [2.24, 2.45) is 0 Å². The number of hydrogen-bond acceptors (Lipinski definition) is 6. The molecule has 0 spiro atoms. The van der Waals surface area contributed by atoms with Crippen LogP contribution in [0.5, 0.6) is 0 Å². The van der Waals surface area contributed by atoms with E-state index in [2.05, 4.69) is 42.3 Å². The smallest absolute Gasteiger partial charge is 0.226 e. The number of likely N-dealkylation sites (N-methyl/N-ethyl adjacent to an activating group) is 1. The van der Waals surface area contributed by atoms with Crippen molar-refractivity contribution in [3.8, 4) is 0 Å². The summed E-state index contributed by atoms with van der Waals surface area (Å²) in [4.78, 5) is 13.8. The minimum atomic E-state index is 0.650. The van der Waals surface area contributed by atoms with E-state index in [9.17, 15) is 0 Å². The molecule has 7 nitrogen and oxygen atoms in total. The van der Waals surface area contributed by atoms with Crippen LogP contribution in [0.3, 0.4) is 0 Å². The number of fused-ring (bicyclic) bond motifs is 1. The molecule has 2 aromatic rings. The Morgan fingerprint density at radius 1 is 1.33 bits per heavy atom. The van der Waals surface area contributed by atoms with Crippen molar-refractivity contribution in [1.82, 2.24) is 25.1 Å². The number of aromatic amines is 1. The van der Waals surface area contributed by atoms with Crippen molar-refractivity contribution >= 4 is 22.8 Å². The zero-order chi connectivity index (χ0) is 14.7. The van der Waals surface area contributed by atoms with Gasteiger partial charge < -0.3 is 15.1 Å². The molecule has 3 rings (SSSR count). The number of aromatic nitrogens is 4. The van der Waals surface area contributed by atoms with Crippen molar-refractivity contribution < 1.29 is 0 Å². The summed E-state index contributed by atoms with van der Waals surface area (Å²) in [5.41, 5.74) is 0.781. The summed E-state index contributed by atoms with van der Waals surface area (Å²) in [7, 11) is 2.08. The molecule has 0 atom stereocenters. The first-order valence-electron chi connectivity index (χ1n) is 7.66. The molecule has 7 heteroatoms. The molecule has 0 unspecified atom stereocenters. The summed E-state index contributed by atoms with van der Waals surface area (Å²) in [5, 5.41) is 11.2. The van der Waals surface area contributed by atoms with Gasteiger partial charge in [0.05, 0.1) is 11.6 Å². The number of H-pyrrole nitrogens is 1. The molecule has 2 N–H and O–H groups in total. The summed E-state index contributed by atoms with van der Waals surface area (Å²) in [5.74, 6) is 1.58. The monoisotopic (exact) mass is 289 g/mol. The second-order valence-corrected chi connectivity index (χ2v) is 5.50. The average Bonchev–Trinajstić information content (AvgIpc) is 3.15. The van der Waals surface area contributed by atoms with Crippen LogP contribution in [0.15, 0.2) is 6.20 Å². The summed E-state index contributed by atoms with van der Waals surface area (Å²) in [6, 6.07) is 0. The van der Waals surface area contributed by atoms with Crippen LogP contribution in [-0.2, 0) is 0 Å². The summed E-state index contributed by atoms with van der Waals surface area (Å²) in [6.07, 6.45) is 4.45. The fourth-order valence-corrected chi connectivity index (χ4v) is 2.75. The molecule has 0 aliphatic carbocycles. The summed E-state index contributed by atoms with van der Waals surface area (Å²) < 4.78 is 0. The molecule has 21 heavy (non-hydrogen) atoms. The van der Waals surface area contributed by atoms with E-state index in [0.717, 1.165) is 36.5 Å². The molecule has 2 aromatic heterocycles. The van der Waals surface area contributed by atoms with Gasteiger partial charge in [0.15, 0.2) is 5.65 Å². The number of anilines is 2. The van der Waals surface area contributed by atoms with Crippen LogP contribution in [-0.4, -0.2) is 64.8 Å². The Labute approximate surface area is 124 Å². The largest absolute Gasteiger partial charge is 0.358 e. The Kier molecular flexibility index (Phi) is 4.19. The van der Waals surface area contributed by atoms with Gasteiger partial charge in [0, 0.05) is 26.7 Å². The zero-order valence-corrected chi connectivity index (χ0v) is 12.8. The molecule has 0 aromatic carbocycles. The molecule has 1 fully saturated rings. The van der Waals surface area contributed by atoms with E-state index < -0.39 is 0 Å². The normalized spacial score (nSPS) is 15.7. The molecular formula is C14H23N7. The van der Waals surface area contributed by atoms with Crippen LogP contribution >= 0.6 is 0 Å². The maximum Gasteiger partial charge on any atom is 0.226 e. The van der Waals surface area contributed by atoms with E-state index in [1.165, 1.54) is 25.9 Å². The van der Waals surface area contributed by atoms with Crippen LogP contribution in [0.4, 0.5) is 11.8 Å². The highest BCUT2D eigenvalue weighted by atomic mass is 15.3. The van der Waals surface area contributed by atoms with Crippen molar-refractivity contribution in [3.63, 3.8) is 0 Å². The molecule has 114 valence electrons. The van der Waals surface area contributed by atoms with Crippen LogP contribution in [0, 0.1) is 0 Å². The van der Waals surface area contributed by atoms with Crippen molar-refractivity contribution in [1.29, 1.82) is 0 Å². The lowest BCUT2D eigenvalue weighted by atomic mass is 10.3. The Balaban J connectivity index is 1.78. The quantitative estimate of drug-likeness (QED) is 0.835. The predicted octanol–water partition coefficient (Wildman–Crippen LogP) is 1.32. The molecule has 0 saturated carbocycles. The highest BCUT2D eigenvalue weighted by Gasteiger charge is 2.15. The van der Waals surface area contributed by atoms with Gasteiger partial charge >= 0.3 is 0 Å². The third-order valence-electron chi connectivity index (χ3n) is 3.94. The lowest BCUT2D eigenvalue weighted by molar-refractivity contribution is 0.346. The number of hydrogen-bond donors (Lipinski definition) is 2. The van der Waals surface area contributed by atoms with Gasteiger partial charge in [-0.05, 0) is 32.9 Å². The SMILES string of the molecule is CCNc1nc(N(C)CCN2CCCC2)c2cn[nH]c2n1. The molecule has 0 bridgehead atoms. The van der Waals surface area contributed by atoms with E-state index in [0.29, 0.717) is 5.95 Å². The number of nitrogens with zero attached hydrogens (tertiary/aromatic N) is 5. The first kappa shape index (κ1) is 14.1. The second kappa shape index (κ2) is 6.26. The average molecular weight is 289 g/mol. The predicted molar refractivity (Wildman–Crippen MR) is 84.8 cm³/mol. The molecule has 0 radical (unpaired) electrons. The van der Waals surface area contributed by atoms with E-state index in [1.807, 2.05) is 6.92 Å². The third-order valence-corrected chi connectivity index (χ3v) is 3.94. The summed E-state index contributed by atoms with van der Waals surface area (Å²) >= 11 is 0. The molecule has 1 saturated heterocycles. The van der Waals surface area contributed by atoms with E-state index in [4.69, 9.17) is 0 Å². The summed E-state index contributed by atoms with van der Waals surface area (Å²) in [6.45, 7) is 7.33. The van der Waals surface area contributed by atoms with Gasteiger partial charge in [0.1, 0.15) is 5.82 Å². The van der Waals surface area contributed by atoms with Gasteiger partial charge in [-0.3, -0.25) is 5.10 Å². The second-order valence-electron chi connectivity index (χ2n) is 5.50. The van der Waals surface area contributed by atoms with Gasteiger partial charge in [-0.2, -0.15) is 15.1 Å². The minimum absolute atomic E-state index is 0.650. The van der Waals surface area contributed by atoms with Crippen LogP contribution in [0.1, 0.15) is 19.8 Å². The molecule has 3 heterocycles. The molecular weight excluding hydrogens is 266 g/mol. The Bertz CT molecular complexity index is 588. The van der Waals surface area contributed by atoms with Gasteiger partial charge in [-0.25, -0.2) is 0 Å². The van der Waals surface area contributed by atoms with Gasteiger partial charge in [-0.15, -0.1) is 0 Å². The highest BCUT2D eigenvalue weighted by molar-refractivity contribution is 5.87. The fraction of sp³-hybridized carbons (Fsp3) is 0.643. The highest BCUT2D eigenvalue weighted by Crippen LogP contribution is 2.23. The third kappa shape index (κ3) is 3.07. The van der Waals surface area contributed by atoms with Crippen molar-refractivity contribution in [2.45, 2.75) is 19.8 Å². The first-order valence-corrected chi connectivity index (χ1v) is 7.66. The van der Waals surface area contributed by atoms with Crippen LogP contribution in [0.25, 0.3) is 11.0 Å². The lowest BCUT2D eigenvalue weighted by Crippen LogP contribution is -2.32. The first-order chi connectivity index (χ1) is 10.3. The number of nitrogens with one attached hydrogen (secondary N) is 2. The number of likely N-dealkylation sites (tertiary alicyclic amines) is 1. The van der Waals surface area contributed by atoms with E-state index in [1.54, 1.807) is 6.20 Å². The molecule has 0 amide bonds. The van der Waals surface area contributed by atoms with Crippen molar-refractivity contribution in [3.05, 3.63) is 6.20 Å². The topological polar surface area (TPSA) is 73.0 Å². The van der Waals surface area contributed by atoms with Gasteiger partial charge in [0.2, 0.25) is 5.95 Å². The van der Waals surface area contributed by atoms with Crippen molar-refractivity contribution in [2.75, 3.05) is 50.0 Å². The molecule has 1 aliphatic rings. The molecule has 1 aliphatic heterocycles. The number of rotatable bonds is 6. The maximum atomic E-state index is 4.63. The minimum Gasteiger partial charge on any atom is -0.358 e. The standard InChI is InChI=1S/C14H23N7/c1-3-15-14-17-12-11(10-16-19-12)13(18-14)20(2)8-9-21-6-4-5-7-21/h10H,3-9H2,1-2H3,(H2,15,16,17,18,19). The lowest BCUT2D eigenvalue weighted by Gasteiger charge is -2.23. The van der Waals surface area contributed by atoms with E-state index in [-0.39, 0.29) is 0 Å². The van der Waals surface area contributed by atoms with Gasteiger partial charge in [-0.1, -0.05) is 0 Å². The van der Waals surface area contributed by atoms with Crippen LogP contribution < -0.4 is 10.2 Å². The van der Waals surface area contributed by atoms with E-state index >= 15 is 0 Å². The Morgan fingerprint density at radius 3 is 2.90 bits per heavy atom.